The summed E-state index contributed by atoms with van der Waals surface area (Å²) in [7, 11) is -4.27. The van der Waals surface area contributed by atoms with Crippen molar-refractivity contribution in [2.75, 3.05) is 17.9 Å². The Balaban J connectivity index is 1.48. The molecule has 2 aliphatic heterocycles. The molecule has 3 aromatic rings. The summed E-state index contributed by atoms with van der Waals surface area (Å²) < 4.78 is 89.2. The lowest BCUT2D eigenvalue weighted by Crippen LogP contribution is -2.44. The van der Waals surface area contributed by atoms with Crippen LogP contribution in [0, 0.1) is 11.7 Å². The summed E-state index contributed by atoms with van der Waals surface area (Å²) >= 11 is 1.05. The number of aromatic nitrogens is 3. The molecular formula is C21H21F4N5O3S2. The van der Waals surface area contributed by atoms with Gasteiger partial charge in [-0.2, -0.15) is 18.3 Å². The zero-order chi connectivity index (χ0) is 24.8. The molecule has 1 aromatic carbocycles. The SMILES string of the molecule is O=S(=O)(Nc1nccs1)c1cc2c(cc1F)[C@@H](N1CC[C@H](C(F)(F)F)C[C@@H]1c1ccn[nH]1)CCO2. The molecule has 35 heavy (non-hydrogen) atoms. The van der Waals surface area contributed by atoms with Crippen LogP contribution in [-0.2, 0) is 10.0 Å². The molecule has 5 rings (SSSR count). The maximum atomic E-state index is 15.2. The maximum absolute atomic E-state index is 15.2. The standard InChI is InChI=1S/C21H21F4N5O3S2/c22-14-10-13-16(30-6-2-12(21(23,24)25)9-17(30)15-1-4-27-28-15)3-7-33-18(13)11-19(14)35(31,32)29-20-26-5-8-34-20/h1,4-5,8,10-12,16-17H,2-3,6-7,9H2,(H,26,29)(H,27,28)/t12-,16-,17+/m0/s1. The third-order valence-electron chi connectivity index (χ3n) is 6.40. The van der Waals surface area contributed by atoms with Gasteiger partial charge in [0.25, 0.3) is 10.0 Å². The number of hydrogen-bond acceptors (Lipinski definition) is 7. The van der Waals surface area contributed by atoms with Crippen LogP contribution in [0.3, 0.4) is 0 Å². The number of likely N-dealkylation sites (tertiary alicyclic amines) is 1. The first-order valence-corrected chi connectivity index (χ1v) is 13.2. The Morgan fingerprint density at radius 2 is 2.03 bits per heavy atom. The third-order valence-corrected chi connectivity index (χ3v) is 8.58. The van der Waals surface area contributed by atoms with E-state index >= 15 is 4.39 Å². The lowest BCUT2D eigenvalue weighted by Gasteiger charge is -2.45. The molecule has 4 heterocycles. The molecule has 2 aromatic heterocycles. The molecule has 2 N–H and O–H groups in total. The number of thiazole rings is 1. The Hall–Kier alpha value is -2.71. The van der Waals surface area contributed by atoms with Gasteiger partial charge < -0.3 is 4.74 Å². The molecule has 0 radical (unpaired) electrons. The number of rotatable bonds is 5. The number of ether oxygens (including phenoxy) is 1. The Kier molecular flexibility index (Phi) is 6.21. The first-order valence-electron chi connectivity index (χ1n) is 10.8. The Bertz CT molecular complexity index is 1280. The van der Waals surface area contributed by atoms with Gasteiger partial charge in [0.05, 0.1) is 24.3 Å². The van der Waals surface area contributed by atoms with Crippen LogP contribution >= 0.6 is 11.3 Å². The largest absolute Gasteiger partial charge is 0.493 e. The van der Waals surface area contributed by atoms with Crippen LogP contribution in [0.1, 0.15) is 42.6 Å². The van der Waals surface area contributed by atoms with Crippen LogP contribution in [0.5, 0.6) is 5.75 Å². The number of hydrogen-bond donors (Lipinski definition) is 2. The van der Waals surface area contributed by atoms with Gasteiger partial charge in [-0.05, 0) is 25.0 Å². The molecule has 0 saturated carbocycles. The van der Waals surface area contributed by atoms with Crippen LogP contribution in [0.2, 0.25) is 0 Å². The van der Waals surface area contributed by atoms with Crippen molar-refractivity contribution >= 4 is 26.5 Å². The minimum absolute atomic E-state index is 0.0898. The smallest absolute Gasteiger partial charge is 0.391 e. The van der Waals surface area contributed by atoms with E-state index in [-0.39, 0.29) is 36.9 Å². The fourth-order valence-corrected chi connectivity index (χ4v) is 6.64. The van der Waals surface area contributed by atoms with Crippen molar-refractivity contribution in [3.05, 3.63) is 53.0 Å². The number of alkyl halides is 3. The summed E-state index contributed by atoms with van der Waals surface area (Å²) in [5.41, 5.74) is 0.941. The number of sulfonamides is 1. The van der Waals surface area contributed by atoms with E-state index in [4.69, 9.17) is 4.74 Å². The van der Waals surface area contributed by atoms with Gasteiger partial charge in [-0.1, -0.05) is 0 Å². The minimum Gasteiger partial charge on any atom is -0.493 e. The number of aromatic amines is 1. The molecule has 2 aliphatic rings. The molecule has 0 bridgehead atoms. The van der Waals surface area contributed by atoms with Crippen molar-refractivity contribution in [3.8, 4) is 5.75 Å². The van der Waals surface area contributed by atoms with E-state index in [2.05, 4.69) is 19.9 Å². The van der Waals surface area contributed by atoms with Gasteiger partial charge in [0.2, 0.25) is 0 Å². The highest BCUT2D eigenvalue weighted by molar-refractivity contribution is 7.93. The number of piperidine rings is 1. The summed E-state index contributed by atoms with van der Waals surface area (Å²) in [5, 5.41) is 8.34. The molecule has 3 atom stereocenters. The highest BCUT2D eigenvalue weighted by atomic mass is 32.2. The van der Waals surface area contributed by atoms with Crippen LogP contribution in [0.25, 0.3) is 0 Å². The molecule has 8 nitrogen and oxygen atoms in total. The molecule has 0 aliphatic carbocycles. The van der Waals surface area contributed by atoms with Crippen molar-refractivity contribution in [2.24, 2.45) is 5.92 Å². The van der Waals surface area contributed by atoms with E-state index in [1.54, 1.807) is 11.4 Å². The minimum atomic E-state index is -4.32. The summed E-state index contributed by atoms with van der Waals surface area (Å²) in [4.78, 5) is 5.16. The second-order valence-electron chi connectivity index (χ2n) is 8.44. The predicted molar refractivity (Wildman–Crippen MR) is 119 cm³/mol. The quantitative estimate of drug-likeness (QED) is 0.465. The summed E-state index contributed by atoms with van der Waals surface area (Å²) in [5.74, 6) is -2.26. The maximum Gasteiger partial charge on any atom is 0.391 e. The number of nitrogens with one attached hydrogen (secondary N) is 2. The van der Waals surface area contributed by atoms with E-state index < -0.39 is 44.9 Å². The monoisotopic (exact) mass is 531 g/mol. The van der Waals surface area contributed by atoms with Gasteiger partial charge in [-0.3, -0.25) is 14.7 Å². The molecule has 188 valence electrons. The Morgan fingerprint density at radius 1 is 1.20 bits per heavy atom. The molecular weight excluding hydrogens is 510 g/mol. The van der Waals surface area contributed by atoms with E-state index in [1.165, 1.54) is 12.4 Å². The van der Waals surface area contributed by atoms with Gasteiger partial charge in [0, 0.05) is 48.4 Å². The highest BCUT2D eigenvalue weighted by Crippen LogP contribution is 2.48. The van der Waals surface area contributed by atoms with E-state index in [0.717, 1.165) is 23.5 Å². The average molecular weight is 532 g/mol. The zero-order valence-electron chi connectivity index (χ0n) is 18.1. The van der Waals surface area contributed by atoms with Gasteiger partial charge in [0.1, 0.15) is 16.5 Å². The number of anilines is 1. The summed E-state index contributed by atoms with van der Waals surface area (Å²) in [6.45, 7) is 0.336. The molecule has 0 unspecified atom stereocenters. The number of benzene rings is 1. The number of fused-ring (bicyclic) bond motifs is 1. The summed E-state index contributed by atoms with van der Waals surface area (Å²) in [6.07, 6.45) is -1.26. The van der Waals surface area contributed by atoms with Crippen molar-refractivity contribution in [3.63, 3.8) is 0 Å². The number of halogens is 4. The first kappa shape index (κ1) is 24.0. The van der Waals surface area contributed by atoms with Crippen molar-refractivity contribution < 1.29 is 30.7 Å². The predicted octanol–water partition coefficient (Wildman–Crippen LogP) is 4.65. The molecule has 1 fully saturated rings. The van der Waals surface area contributed by atoms with Crippen LogP contribution in [-0.4, -0.2) is 47.8 Å². The second-order valence-corrected chi connectivity index (χ2v) is 11.0. The van der Waals surface area contributed by atoms with Crippen molar-refractivity contribution in [1.82, 2.24) is 20.1 Å². The fraction of sp³-hybridized carbons (Fsp3) is 0.429. The topological polar surface area (TPSA) is 100 Å². The number of nitrogens with zero attached hydrogens (tertiary/aromatic N) is 3. The Labute approximate surface area is 202 Å². The second kappa shape index (κ2) is 9.06. The lowest BCUT2D eigenvalue weighted by atomic mass is 9.85. The highest BCUT2D eigenvalue weighted by Gasteiger charge is 2.47. The molecule has 0 amide bonds. The average Bonchev–Trinajstić information content (AvgIpc) is 3.51. The molecule has 14 heteroatoms. The first-order chi connectivity index (χ1) is 16.6. The van der Waals surface area contributed by atoms with E-state index in [9.17, 15) is 21.6 Å². The van der Waals surface area contributed by atoms with Gasteiger partial charge in [-0.25, -0.2) is 17.8 Å². The molecule has 0 spiro atoms. The third kappa shape index (κ3) is 4.74. The fourth-order valence-electron chi connectivity index (χ4n) is 4.78. The van der Waals surface area contributed by atoms with Crippen molar-refractivity contribution in [2.45, 2.75) is 42.4 Å². The van der Waals surface area contributed by atoms with Gasteiger partial charge in [0.15, 0.2) is 5.13 Å². The lowest BCUT2D eigenvalue weighted by molar-refractivity contribution is -0.192. The van der Waals surface area contributed by atoms with Crippen LogP contribution < -0.4 is 9.46 Å². The van der Waals surface area contributed by atoms with Gasteiger partial charge in [-0.15, -0.1) is 11.3 Å². The van der Waals surface area contributed by atoms with E-state index in [1.807, 2.05) is 4.90 Å². The van der Waals surface area contributed by atoms with Crippen LogP contribution in [0.4, 0.5) is 22.7 Å². The normalized spacial score (nSPS) is 23.5. The van der Waals surface area contributed by atoms with Gasteiger partial charge >= 0.3 is 6.18 Å². The van der Waals surface area contributed by atoms with Crippen LogP contribution in [0.15, 0.2) is 40.9 Å². The Morgan fingerprint density at radius 3 is 2.71 bits per heavy atom. The number of H-pyrrole nitrogens is 1. The molecule has 1 saturated heterocycles. The van der Waals surface area contributed by atoms with Crippen molar-refractivity contribution in [1.29, 1.82) is 0 Å². The zero-order valence-corrected chi connectivity index (χ0v) is 19.8. The van der Waals surface area contributed by atoms with E-state index in [0.29, 0.717) is 17.7 Å². The summed E-state index contributed by atoms with van der Waals surface area (Å²) in [6, 6.07) is 2.79.